The minimum absolute atomic E-state index is 0.669. The lowest BCUT2D eigenvalue weighted by molar-refractivity contribution is -0.109. The van der Waals surface area contributed by atoms with Crippen LogP contribution in [0.2, 0.25) is 0 Å². The van der Waals surface area contributed by atoms with Gasteiger partial charge in [0.1, 0.15) is 0 Å². The predicted molar refractivity (Wildman–Crippen MR) is 65.8 cm³/mol. The first-order valence-corrected chi connectivity index (χ1v) is 5.51. The fourth-order valence-electron chi connectivity index (χ4n) is 1.89. The first kappa shape index (κ1) is 10.7. The van der Waals surface area contributed by atoms with Crippen molar-refractivity contribution in [2.45, 2.75) is 12.8 Å². The molecule has 1 N–H and O–H groups in total. The van der Waals surface area contributed by atoms with Crippen molar-refractivity contribution < 1.29 is 4.79 Å². The lowest BCUT2D eigenvalue weighted by Gasteiger charge is -2.14. The number of carbonyl (C=O) groups excluding carboxylic acids is 1. The Balaban J connectivity index is 2.07. The fraction of sp³-hybridized carbons (Fsp3) is 0.214. The summed E-state index contributed by atoms with van der Waals surface area (Å²) < 4.78 is 0. The zero-order valence-corrected chi connectivity index (χ0v) is 9.15. The summed E-state index contributed by atoms with van der Waals surface area (Å²) >= 11 is 0. The molecule has 1 aliphatic carbocycles. The zero-order chi connectivity index (χ0) is 11.2. The molecule has 1 amide bonds. The van der Waals surface area contributed by atoms with E-state index >= 15 is 0 Å². The molecule has 0 atom stereocenters. The van der Waals surface area contributed by atoms with Crippen molar-refractivity contribution in [2.75, 3.05) is 6.54 Å². The van der Waals surface area contributed by atoms with Gasteiger partial charge in [0.15, 0.2) is 0 Å². The molecule has 0 radical (unpaired) electrons. The Morgan fingerprint density at radius 2 is 1.94 bits per heavy atom. The molecule has 0 spiro atoms. The van der Waals surface area contributed by atoms with Crippen LogP contribution in [0.15, 0.2) is 48.1 Å². The highest BCUT2D eigenvalue weighted by atomic mass is 16.1. The van der Waals surface area contributed by atoms with E-state index in [9.17, 15) is 4.79 Å². The lowest BCUT2D eigenvalue weighted by atomic mass is 9.93. The zero-order valence-electron chi connectivity index (χ0n) is 9.15. The van der Waals surface area contributed by atoms with Crippen LogP contribution in [0.5, 0.6) is 0 Å². The molecule has 0 aliphatic heterocycles. The first-order chi connectivity index (χ1) is 7.90. The topological polar surface area (TPSA) is 29.1 Å². The molecule has 1 aromatic carbocycles. The van der Waals surface area contributed by atoms with Gasteiger partial charge in [-0.2, -0.15) is 0 Å². The molecular weight excluding hydrogens is 198 g/mol. The van der Waals surface area contributed by atoms with Crippen molar-refractivity contribution in [3.8, 4) is 0 Å². The summed E-state index contributed by atoms with van der Waals surface area (Å²) in [6.45, 7) is 0.669. The van der Waals surface area contributed by atoms with E-state index in [0.717, 1.165) is 19.3 Å². The Morgan fingerprint density at radius 1 is 1.12 bits per heavy atom. The van der Waals surface area contributed by atoms with Crippen molar-refractivity contribution in [2.24, 2.45) is 0 Å². The second-order valence-corrected chi connectivity index (χ2v) is 3.88. The maximum atomic E-state index is 10.2. The van der Waals surface area contributed by atoms with E-state index in [-0.39, 0.29) is 0 Å². The quantitative estimate of drug-likeness (QED) is 0.765. The third-order valence-corrected chi connectivity index (χ3v) is 2.79. The van der Waals surface area contributed by atoms with Crippen LogP contribution in [-0.4, -0.2) is 13.0 Å². The smallest absolute Gasteiger partial charge is 0.207 e. The van der Waals surface area contributed by atoms with Gasteiger partial charge in [0.05, 0.1) is 0 Å². The third kappa shape index (κ3) is 2.60. The summed E-state index contributed by atoms with van der Waals surface area (Å²) in [4.78, 5) is 10.2. The molecule has 1 aliphatic rings. The van der Waals surface area contributed by atoms with Crippen LogP contribution in [0.1, 0.15) is 18.4 Å². The minimum atomic E-state index is 0.669. The van der Waals surface area contributed by atoms with E-state index in [2.05, 4.69) is 41.7 Å². The van der Waals surface area contributed by atoms with Gasteiger partial charge in [0.25, 0.3) is 0 Å². The number of carbonyl (C=O) groups is 1. The fourth-order valence-corrected chi connectivity index (χ4v) is 1.89. The molecule has 2 heteroatoms. The second-order valence-electron chi connectivity index (χ2n) is 3.88. The normalized spacial score (nSPS) is 15.0. The minimum Gasteiger partial charge on any atom is -0.355 e. The number of hydrogen-bond acceptors (Lipinski definition) is 1. The van der Waals surface area contributed by atoms with Crippen molar-refractivity contribution in [3.05, 3.63) is 53.6 Å². The monoisotopic (exact) mass is 213 g/mol. The van der Waals surface area contributed by atoms with E-state index in [1.54, 1.807) is 0 Å². The van der Waals surface area contributed by atoms with Gasteiger partial charge in [0, 0.05) is 6.54 Å². The van der Waals surface area contributed by atoms with Crippen molar-refractivity contribution in [1.82, 2.24) is 5.32 Å². The standard InChI is InChI=1S/C14H15NO/c16-11-15-10-12-6-8-14(9-7-12)13-4-2-1-3-5-13/h1-6,8,11H,7,9-10H2,(H,15,16). The number of allylic oxidation sites excluding steroid dienone is 3. The van der Waals surface area contributed by atoms with E-state index in [1.807, 2.05) is 6.07 Å². The molecule has 0 bridgehead atoms. The summed E-state index contributed by atoms with van der Waals surface area (Å²) in [6.07, 6.45) is 7.10. The molecular formula is C14H15NO. The second kappa shape index (κ2) is 5.31. The molecule has 82 valence electrons. The maximum absolute atomic E-state index is 10.2. The van der Waals surface area contributed by atoms with Crippen molar-refractivity contribution >= 4 is 12.0 Å². The van der Waals surface area contributed by atoms with Gasteiger partial charge in [-0.1, -0.05) is 48.1 Å². The van der Waals surface area contributed by atoms with Gasteiger partial charge in [-0.25, -0.2) is 0 Å². The average Bonchev–Trinajstić information content (AvgIpc) is 2.38. The highest BCUT2D eigenvalue weighted by Crippen LogP contribution is 2.25. The Labute approximate surface area is 95.7 Å². The molecule has 0 saturated carbocycles. The number of rotatable bonds is 4. The van der Waals surface area contributed by atoms with Crippen LogP contribution in [0.25, 0.3) is 5.57 Å². The van der Waals surface area contributed by atoms with E-state index in [1.165, 1.54) is 16.7 Å². The highest BCUT2D eigenvalue weighted by Gasteiger charge is 2.07. The van der Waals surface area contributed by atoms with E-state index < -0.39 is 0 Å². The van der Waals surface area contributed by atoms with Gasteiger partial charge < -0.3 is 5.32 Å². The van der Waals surface area contributed by atoms with Gasteiger partial charge in [-0.3, -0.25) is 4.79 Å². The van der Waals surface area contributed by atoms with Crippen molar-refractivity contribution in [1.29, 1.82) is 0 Å². The number of amides is 1. The molecule has 1 aromatic rings. The Bertz CT molecular complexity index is 418. The average molecular weight is 213 g/mol. The van der Waals surface area contributed by atoms with Gasteiger partial charge in [-0.05, 0) is 24.0 Å². The summed E-state index contributed by atoms with van der Waals surface area (Å²) in [5.41, 5.74) is 3.95. The number of nitrogens with one attached hydrogen (secondary N) is 1. The van der Waals surface area contributed by atoms with Crippen LogP contribution in [0.3, 0.4) is 0 Å². The highest BCUT2D eigenvalue weighted by molar-refractivity contribution is 5.68. The Hall–Kier alpha value is -1.83. The van der Waals surface area contributed by atoms with Crippen molar-refractivity contribution in [3.63, 3.8) is 0 Å². The Morgan fingerprint density at radius 3 is 2.56 bits per heavy atom. The van der Waals surface area contributed by atoms with Gasteiger partial charge in [0.2, 0.25) is 6.41 Å². The number of hydrogen-bond donors (Lipinski definition) is 1. The summed E-state index contributed by atoms with van der Waals surface area (Å²) in [7, 11) is 0. The van der Waals surface area contributed by atoms with E-state index in [0.29, 0.717) is 6.54 Å². The van der Waals surface area contributed by atoms with Crippen LogP contribution < -0.4 is 5.32 Å². The lowest BCUT2D eigenvalue weighted by Crippen LogP contribution is -2.15. The van der Waals surface area contributed by atoms with E-state index in [4.69, 9.17) is 0 Å². The molecule has 0 fully saturated rings. The van der Waals surface area contributed by atoms with Gasteiger partial charge in [-0.15, -0.1) is 0 Å². The summed E-state index contributed by atoms with van der Waals surface area (Å²) in [5, 5.41) is 2.69. The molecule has 0 heterocycles. The molecule has 2 nitrogen and oxygen atoms in total. The summed E-state index contributed by atoms with van der Waals surface area (Å²) in [6, 6.07) is 10.4. The van der Waals surface area contributed by atoms with Crippen LogP contribution in [-0.2, 0) is 4.79 Å². The molecule has 16 heavy (non-hydrogen) atoms. The van der Waals surface area contributed by atoms with Crippen LogP contribution >= 0.6 is 0 Å². The number of benzene rings is 1. The van der Waals surface area contributed by atoms with Crippen LogP contribution in [0, 0.1) is 0 Å². The third-order valence-electron chi connectivity index (χ3n) is 2.79. The maximum Gasteiger partial charge on any atom is 0.207 e. The molecule has 0 saturated heterocycles. The van der Waals surface area contributed by atoms with Crippen LogP contribution in [0.4, 0.5) is 0 Å². The van der Waals surface area contributed by atoms with Gasteiger partial charge >= 0.3 is 0 Å². The first-order valence-electron chi connectivity index (χ1n) is 5.51. The summed E-state index contributed by atoms with van der Waals surface area (Å²) in [5.74, 6) is 0. The predicted octanol–water partition coefficient (Wildman–Crippen LogP) is 2.54. The largest absolute Gasteiger partial charge is 0.355 e. The molecule has 2 rings (SSSR count). The Kier molecular flexibility index (Phi) is 3.54. The molecule has 0 unspecified atom stereocenters. The molecule has 0 aromatic heterocycles. The SMILES string of the molecule is O=CNCC1=CC=C(c2ccccc2)CC1.